The van der Waals surface area contributed by atoms with Crippen LogP contribution in [-0.4, -0.2) is 6.21 Å². The van der Waals surface area contributed by atoms with E-state index < -0.39 is 0 Å². The fraction of sp³-hybridized carbons (Fsp3) is 0.188. The maximum absolute atomic E-state index is 4.56. The van der Waals surface area contributed by atoms with Crippen molar-refractivity contribution in [2.24, 2.45) is 4.99 Å². The largest absolute Gasteiger partial charge is 0.289 e. The Bertz CT molecular complexity index is 459. The lowest BCUT2D eigenvalue weighted by atomic mass is 9.99. The Hall–Kier alpha value is -1.89. The smallest absolute Gasteiger partial charge is 0.0785 e. The second-order valence-corrected chi connectivity index (χ2v) is 4.02. The molecule has 0 fully saturated rings. The molecule has 17 heavy (non-hydrogen) atoms. The van der Waals surface area contributed by atoms with Gasteiger partial charge < -0.3 is 0 Å². The van der Waals surface area contributed by atoms with Crippen LogP contribution in [0, 0.1) is 0 Å². The summed E-state index contributed by atoms with van der Waals surface area (Å²) in [7, 11) is 0. The molecule has 0 aliphatic rings. The first-order chi connectivity index (χ1) is 8.40. The zero-order chi connectivity index (χ0) is 11.9. The highest BCUT2D eigenvalue weighted by molar-refractivity contribution is 5.54. The van der Waals surface area contributed by atoms with Gasteiger partial charge in [0, 0.05) is 0 Å². The molecule has 0 radical (unpaired) electrons. The third kappa shape index (κ3) is 3.28. The highest BCUT2D eigenvalue weighted by Gasteiger charge is 2.09. The number of rotatable bonds is 4. The molecule has 2 aromatic rings. The van der Waals surface area contributed by atoms with E-state index in [1.807, 2.05) is 25.3 Å². The molecule has 0 aliphatic carbocycles. The van der Waals surface area contributed by atoms with Crippen molar-refractivity contribution in [1.29, 1.82) is 0 Å². The highest BCUT2D eigenvalue weighted by Crippen LogP contribution is 2.21. The zero-order valence-electron chi connectivity index (χ0n) is 10.1. The van der Waals surface area contributed by atoms with Crippen LogP contribution in [0.3, 0.4) is 0 Å². The topological polar surface area (TPSA) is 12.4 Å². The summed E-state index contributed by atoms with van der Waals surface area (Å²) in [5, 5.41) is 0. The number of hydrogen-bond acceptors (Lipinski definition) is 1. The molecule has 1 nitrogen and oxygen atoms in total. The van der Waals surface area contributed by atoms with Crippen LogP contribution >= 0.6 is 0 Å². The maximum Gasteiger partial charge on any atom is 0.0785 e. The minimum atomic E-state index is 0.226. The molecule has 0 saturated heterocycles. The summed E-state index contributed by atoms with van der Waals surface area (Å²) in [5.41, 5.74) is 2.60. The van der Waals surface area contributed by atoms with Crippen LogP contribution in [-0.2, 0) is 6.42 Å². The monoisotopic (exact) mass is 223 g/mol. The van der Waals surface area contributed by atoms with Crippen LogP contribution in [0.2, 0.25) is 0 Å². The molecular formula is C16H17N. The summed E-state index contributed by atoms with van der Waals surface area (Å²) in [6.45, 7) is 1.97. The minimum absolute atomic E-state index is 0.226. The predicted molar refractivity (Wildman–Crippen MR) is 73.5 cm³/mol. The quantitative estimate of drug-likeness (QED) is 0.693. The molecule has 2 aromatic carbocycles. The van der Waals surface area contributed by atoms with Gasteiger partial charge in [0.15, 0.2) is 0 Å². The molecule has 0 aliphatic heterocycles. The van der Waals surface area contributed by atoms with Gasteiger partial charge in [-0.1, -0.05) is 60.7 Å². The van der Waals surface area contributed by atoms with Crippen LogP contribution in [0.25, 0.3) is 0 Å². The molecule has 0 bridgehead atoms. The van der Waals surface area contributed by atoms with Crippen molar-refractivity contribution < 1.29 is 0 Å². The van der Waals surface area contributed by atoms with E-state index in [2.05, 4.69) is 53.5 Å². The van der Waals surface area contributed by atoms with Crippen molar-refractivity contribution in [3.8, 4) is 0 Å². The summed E-state index contributed by atoms with van der Waals surface area (Å²) in [6, 6.07) is 21.2. The lowest BCUT2D eigenvalue weighted by Gasteiger charge is -2.12. The van der Waals surface area contributed by atoms with Gasteiger partial charge in [0.1, 0.15) is 0 Å². The van der Waals surface area contributed by atoms with Crippen molar-refractivity contribution >= 4 is 6.21 Å². The Labute approximate surface area is 103 Å². The van der Waals surface area contributed by atoms with Crippen molar-refractivity contribution in [3.05, 3.63) is 71.8 Å². The first-order valence-corrected chi connectivity index (χ1v) is 5.97. The average Bonchev–Trinajstić information content (AvgIpc) is 2.40. The second-order valence-electron chi connectivity index (χ2n) is 4.02. The fourth-order valence-corrected chi connectivity index (χ4v) is 1.95. The molecule has 1 atom stereocenters. The zero-order valence-corrected chi connectivity index (χ0v) is 10.1. The molecular weight excluding hydrogens is 206 g/mol. The van der Waals surface area contributed by atoms with Gasteiger partial charge >= 0.3 is 0 Å². The summed E-state index contributed by atoms with van der Waals surface area (Å²) in [4.78, 5) is 4.56. The SMILES string of the molecule is CC=NC(Cc1ccccc1)c1ccccc1. The van der Waals surface area contributed by atoms with E-state index >= 15 is 0 Å². The van der Waals surface area contributed by atoms with E-state index in [4.69, 9.17) is 0 Å². The van der Waals surface area contributed by atoms with E-state index in [1.165, 1.54) is 11.1 Å². The number of benzene rings is 2. The second kappa shape index (κ2) is 6.00. The predicted octanol–water partition coefficient (Wildman–Crippen LogP) is 4.06. The first-order valence-electron chi connectivity index (χ1n) is 5.97. The normalized spacial score (nSPS) is 12.8. The summed E-state index contributed by atoms with van der Waals surface area (Å²) < 4.78 is 0. The van der Waals surface area contributed by atoms with Crippen molar-refractivity contribution in [3.63, 3.8) is 0 Å². The van der Waals surface area contributed by atoms with E-state index in [9.17, 15) is 0 Å². The van der Waals surface area contributed by atoms with Crippen LogP contribution in [0.15, 0.2) is 65.7 Å². The lowest BCUT2D eigenvalue weighted by Crippen LogP contribution is -2.00. The Balaban J connectivity index is 2.19. The fourth-order valence-electron chi connectivity index (χ4n) is 1.95. The van der Waals surface area contributed by atoms with Crippen molar-refractivity contribution in [2.75, 3.05) is 0 Å². The molecule has 0 saturated carbocycles. The third-order valence-corrected chi connectivity index (χ3v) is 2.79. The Kier molecular flexibility index (Phi) is 4.09. The number of aliphatic imine (C=N–C) groups is 1. The van der Waals surface area contributed by atoms with Gasteiger partial charge in [-0.05, 0) is 30.7 Å². The molecule has 0 heterocycles. The highest BCUT2D eigenvalue weighted by atomic mass is 14.8. The van der Waals surface area contributed by atoms with Crippen LogP contribution < -0.4 is 0 Å². The summed E-state index contributed by atoms with van der Waals surface area (Å²) >= 11 is 0. The lowest BCUT2D eigenvalue weighted by molar-refractivity contribution is 0.727. The Morgan fingerprint density at radius 1 is 0.941 bits per heavy atom. The van der Waals surface area contributed by atoms with Gasteiger partial charge in [-0.3, -0.25) is 4.99 Å². The molecule has 0 N–H and O–H groups in total. The van der Waals surface area contributed by atoms with Crippen LogP contribution in [0.4, 0.5) is 0 Å². The third-order valence-electron chi connectivity index (χ3n) is 2.79. The van der Waals surface area contributed by atoms with E-state index in [0.29, 0.717) is 0 Å². The number of nitrogens with zero attached hydrogens (tertiary/aromatic N) is 1. The van der Waals surface area contributed by atoms with E-state index in [0.717, 1.165) is 6.42 Å². The van der Waals surface area contributed by atoms with E-state index in [1.54, 1.807) is 0 Å². The molecule has 86 valence electrons. The summed E-state index contributed by atoms with van der Waals surface area (Å²) in [5.74, 6) is 0. The molecule has 1 heteroatoms. The van der Waals surface area contributed by atoms with Crippen LogP contribution in [0.1, 0.15) is 24.1 Å². The van der Waals surface area contributed by atoms with E-state index in [-0.39, 0.29) is 6.04 Å². The Morgan fingerprint density at radius 2 is 1.53 bits per heavy atom. The minimum Gasteiger partial charge on any atom is -0.289 e. The van der Waals surface area contributed by atoms with Gasteiger partial charge in [-0.15, -0.1) is 0 Å². The van der Waals surface area contributed by atoms with Gasteiger partial charge in [0.25, 0.3) is 0 Å². The molecule has 0 amide bonds. The van der Waals surface area contributed by atoms with Gasteiger partial charge in [-0.2, -0.15) is 0 Å². The molecule has 1 unspecified atom stereocenters. The summed E-state index contributed by atoms with van der Waals surface area (Å²) in [6.07, 6.45) is 2.84. The van der Waals surface area contributed by atoms with Crippen molar-refractivity contribution in [1.82, 2.24) is 0 Å². The first kappa shape index (κ1) is 11.6. The molecule has 0 aromatic heterocycles. The van der Waals surface area contributed by atoms with Gasteiger partial charge in [0.05, 0.1) is 6.04 Å². The standard InChI is InChI=1S/C16H17N/c1-2-17-16(15-11-7-4-8-12-15)13-14-9-5-3-6-10-14/h2-12,16H,13H2,1H3. The van der Waals surface area contributed by atoms with Crippen molar-refractivity contribution in [2.45, 2.75) is 19.4 Å². The maximum atomic E-state index is 4.56. The van der Waals surface area contributed by atoms with Gasteiger partial charge in [-0.25, -0.2) is 0 Å². The van der Waals surface area contributed by atoms with Crippen LogP contribution in [0.5, 0.6) is 0 Å². The average molecular weight is 223 g/mol. The molecule has 2 rings (SSSR count). The Morgan fingerprint density at radius 3 is 2.12 bits per heavy atom. The number of hydrogen-bond donors (Lipinski definition) is 0. The molecule has 0 spiro atoms. The van der Waals surface area contributed by atoms with Gasteiger partial charge in [0.2, 0.25) is 0 Å².